The molecule has 1 unspecified atom stereocenters. The first-order chi connectivity index (χ1) is 9.19. The Morgan fingerprint density at radius 1 is 1.53 bits per heavy atom. The van der Waals surface area contributed by atoms with Crippen LogP contribution in [0.25, 0.3) is 10.9 Å². The van der Waals surface area contributed by atoms with Crippen LogP contribution in [0.15, 0.2) is 18.3 Å². The van der Waals surface area contributed by atoms with Crippen LogP contribution in [0, 0.1) is 0 Å². The SMILES string of the molecule is CC(N)Cn1ncc2ccc3c(c21)O[C@@H](CN)CO3. The molecule has 1 aromatic carbocycles. The van der Waals surface area contributed by atoms with Gasteiger partial charge in [0.1, 0.15) is 18.2 Å². The molecule has 0 saturated carbocycles. The second-order valence-corrected chi connectivity index (χ2v) is 4.92. The Kier molecular flexibility index (Phi) is 3.04. The zero-order valence-corrected chi connectivity index (χ0v) is 10.9. The zero-order chi connectivity index (χ0) is 13.4. The lowest BCUT2D eigenvalue weighted by molar-refractivity contribution is 0.0983. The third kappa shape index (κ3) is 2.13. The summed E-state index contributed by atoms with van der Waals surface area (Å²) in [5.41, 5.74) is 12.4. The Labute approximate surface area is 111 Å². The molecule has 0 spiro atoms. The van der Waals surface area contributed by atoms with Crippen molar-refractivity contribution in [3.63, 3.8) is 0 Å². The number of benzene rings is 1. The maximum atomic E-state index is 5.92. The van der Waals surface area contributed by atoms with Gasteiger partial charge in [0.25, 0.3) is 0 Å². The van der Waals surface area contributed by atoms with Gasteiger partial charge in [0.05, 0.1) is 12.7 Å². The number of hydrogen-bond donors (Lipinski definition) is 2. The molecule has 0 radical (unpaired) electrons. The molecule has 2 heterocycles. The van der Waals surface area contributed by atoms with Gasteiger partial charge in [-0.15, -0.1) is 0 Å². The van der Waals surface area contributed by atoms with E-state index in [-0.39, 0.29) is 12.1 Å². The molecule has 4 N–H and O–H groups in total. The van der Waals surface area contributed by atoms with Crippen LogP contribution in [0.3, 0.4) is 0 Å². The fourth-order valence-electron chi connectivity index (χ4n) is 2.27. The normalized spacial score (nSPS) is 19.6. The summed E-state index contributed by atoms with van der Waals surface area (Å²) in [4.78, 5) is 0. The Morgan fingerprint density at radius 3 is 3.11 bits per heavy atom. The Hall–Kier alpha value is -1.79. The molecule has 0 fully saturated rings. The first-order valence-corrected chi connectivity index (χ1v) is 6.42. The molecule has 1 aliphatic rings. The minimum absolute atomic E-state index is 0.0220. The van der Waals surface area contributed by atoms with Crippen LogP contribution in [0.2, 0.25) is 0 Å². The number of nitrogens with zero attached hydrogens (tertiary/aromatic N) is 2. The van der Waals surface area contributed by atoms with Crippen molar-refractivity contribution >= 4 is 10.9 Å². The molecule has 0 saturated heterocycles. The lowest BCUT2D eigenvalue weighted by Crippen LogP contribution is -2.36. The van der Waals surface area contributed by atoms with E-state index in [1.807, 2.05) is 29.9 Å². The molecule has 6 nitrogen and oxygen atoms in total. The molecule has 1 aromatic heterocycles. The molecule has 102 valence electrons. The van der Waals surface area contributed by atoms with Gasteiger partial charge in [-0.25, -0.2) is 0 Å². The van der Waals surface area contributed by atoms with E-state index in [4.69, 9.17) is 20.9 Å². The van der Waals surface area contributed by atoms with E-state index in [1.54, 1.807) is 0 Å². The van der Waals surface area contributed by atoms with Gasteiger partial charge in [0.2, 0.25) is 0 Å². The van der Waals surface area contributed by atoms with Gasteiger partial charge in [-0.05, 0) is 19.1 Å². The highest BCUT2D eigenvalue weighted by atomic mass is 16.6. The van der Waals surface area contributed by atoms with E-state index < -0.39 is 0 Å². The third-order valence-corrected chi connectivity index (χ3v) is 3.15. The van der Waals surface area contributed by atoms with Gasteiger partial charge in [0, 0.05) is 18.0 Å². The minimum atomic E-state index is -0.114. The molecule has 0 amide bonds. The molecule has 19 heavy (non-hydrogen) atoms. The van der Waals surface area contributed by atoms with Gasteiger partial charge < -0.3 is 20.9 Å². The minimum Gasteiger partial charge on any atom is -0.486 e. The number of nitrogens with two attached hydrogens (primary N) is 2. The molecule has 1 aliphatic heterocycles. The molecule has 3 rings (SSSR count). The van der Waals surface area contributed by atoms with Crippen molar-refractivity contribution in [2.45, 2.75) is 25.6 Å². The van der Waals surface area contributed by atoms with E-state index in [2.05, 4.69) is 5.10 Å². The summed E-state index contributed by atoms with van der Waals surface area (Å²) in [6.45, 7) is 3.49. The third-order valence-electron chi connectivity index (χ3n) is 3.15. The Balaban J connectivity index is 2.11. The average Bonchev–Trinajstić information content (AvgIpc) is 2.81. The van der Waals surface area contributed by atoms with E-state index in [9.17, 15) is 0 Å². The van der Waals surface area contributed by atoms with Gasteiger partial charge in [0.15, 0.2) is 11.5 Å². The summed E-state index contributed by atoms with van der Waals surface area (Å²) in [5, 5.41) is 5.38. The van der Waals surface area contributed by atoms with Crippen molar-refractivity contribution in [2.75, 3.05) is 13.2 Å². The number of fused-ring (bicyclic) bond motifs is 3. The van der Waals surface area contributed by atoms with E-state index in [0.29, 0.717) is 19.7 Å². The predicted octanol–water partition coefficient (Wildman–Crippen LogP) is 0.482. The van der Waals surface area contributed by atoms with Crippen molar-refractivity contribution in [1.82, 2.24) is 9.78 Å². The Morgan fingerprint density at radius 2 is 2.37 bits per heavy atom. The number of hydrogen-bond acceptors (Lipinski definition) is 5. The summed E-state index contributed by atoms with van der Waals surface area (Å²) < 4.78 is 13.5. The van der Waals surface area contributed by atoms with Crippen LogP contribution in [-0.2, 0) is 6.54 Å². The van der Waals surface area contributed by atoms with E-state index >= 15 is 0 Å². The zero-order valence-electron chi connectivity index (χ0n) is 10.9. The first-order valence-electron chi connectivity index (χ1n) is 6.42. The molecular formula is C13H18N4O2. The van der Waals surface area contributed by atoms with Crippen LogP contribution in [0.4, 0.5) is 0 Å². The maximum Gasteiger partial charge on any atom is 0.187 e. The van der Waals surface area contributed by atoms with Crippen molar-refractivity contribution in [3.8, 4) is 11.5 Å². The topological polar surface area (TPSA) is 88.3 Å². The van der Waals surface area contributed by atoms with Crippen LogP contribution >= 0.6 is 0 Å². The second-order valence-electron chi connectivity index (χ2n) is 4.92. The van der Waals surface area contributed by atoms with Crippen LogP contribution in [0.5, 0.6) is 11.5 Å². The molecule has 2 atom stereocenters. The summed E-state index contributed by atoms with van der Waals surface area (Å²) in [6, 6.07) is 3.90. The highest BCUT2D eigenvalue weighted by Gasteiger charge is 2.24. The predicted molar refractivity (Wildman–Crippen MR) is 72.3 cm³/mol. The lowest BCUT2D eigenvalue weighted by atomic mass is 10.2. The quantitative estimate of drug-likeness (QED) is 0.840. The average molecular weight is 262 g/mol. The van der Waals surface area contributed by atoms with Crippen LogP contribution < -0.4 is 20.9 Å². The van der Waals surface area contributed by atoms with E-state index in [0.717, 1.165) is 22.4 Å². The van der Waals surface area contributed by atoms with Gasteiger partial charge in [-0.2, -0.15) is 5.10 Å². The van der Waals surface area contributed by atoms with Gasteiger partial charge in [-0.1, -0.05) is 0 Å². The Bertz CT molecular complexity index is 594. The maximum absolute atomic E-state index is 5.92. The summed E-state index contributed by atoms with van der Waals surface area (Å²) in [7, 11) is 0. The number of rotatable bonds is 3. The standard InChI is InChI=1S/C13H18N4O2/c1-8(15)6-17-12-9(5-16-17)2-3-11-13(12)19-10(4-14)7-18-11/h2-3,5,8,10H,4,6-7,14-15H2,1H3/t8?,10-/m0/s1. The first kappa shape index (κ1) is 12.3. The molecule has 0 bridgehead atoms. The highest BCUT2D eigenvalue weighted by molar-refractivity contribution is 5.87. The fraction of sp³-hybridized carbons (Fsp3) is 0.462. The van der Waals surface area contributed by atoms with Gasteiger partial charge in [-0.3, -0.25) is 4.68 Å². The summed E-state index contributed by atoms with van der Waals surface area (Å²) in [5.74, 6) is 1.46. The fourth-order valence-corrected chi connectivity index (χ4v) is 2.27. The molecular weight excluding hydrogens is 244 g/mol. The molecule has 2 aromatic rings. The monoisotopic (exact) mass is 262 g/mol. The second kappa shape index (κ2) is 4.71. The number of ether oxygens (including phenoxy) is 2. The number of aromatic nitrogens is 2. The van der Waals surface area contributed by atoms with E-state index in [1.165, 1.54) is 0 Å². The van der Waals surface area contributed by atoms with Crippen LogP contribution in [0.1, 0.15) is 6.92 Å². The van der Waals surface area contributed by atoms with Crippen molar-refractivity contribution in [2.24, 2.45) is 11.5 Å². The molecule has 0 aliphatic carbocycles. The van der Waals surface area contributed by atoms with Crippen LogP contribution in [-0.4, -0.2) is 35.1 Å². The lowest BCUT2D eigenvalue weighted by Gasteiger charge is -2.26. The van der Waals surface area contributed by atoms with Crippen molar-refractivity contribution in [1.29, 1.82) is 0 Å². The van der Waals surface area contributed by atoms with Crippen molar-refractivity contribution in [3.05, 3.63) is 18.3 Å². The molecule has 6 heteroatoms. The van der Waals surface area contributed by atoms with Gasteiger partial charge >= 0.3 is 0 Å². The summed E-state index contributed by atoms with van der Waals surface area (Å²) in [6.07, 6.45) is 1.70. The smallest absolute Gasteiger partial charge is 0.187 e. The highest BCUT2D eigenvalue weighted by Crippen LogP contribution is 2.38. The largest absolute Gasteiger partial charge is 0.486 e. The summed E-state index contributed by atoms with van der Waals surface area (Å²) >= 11 is 0. The van der Waals surface area contributed by atoms with Crippen molar-refractivity contribution < 1.29 is 9.47 Å².